The molecule has 88 valence electrons. The lowest BCUT2D eigenvalue weighted by molar-refractivity contribution is -0.117. The number of primary amides is 1. The lowest BCUT2D eigenvalue weighted by Crippen LogP contribution is -2.16. The van der Waals surface area contributed by atoms with E-state index < -0.39 is 0 Å². The van der Waals surface area contributed by atoms with Gasteiger partial charge in [0.15, 0.2) is 5.82 Å². The average molecular weight is 252 g/mol. The van der Waals surface area contributed by atoms with Crippen LogP contribution in [0.2, 0.25) is 5.15 Å². The summed E-state index contributed by atoms with van der Waals surface area (Å²) in [5.41, 5.74) is 6.31. The molecule has 2 aromatic heterocycles. The molecule has 1 amide bonds. The summed E-state index contributed by atoms with van der Waals surface area (Å²) in [5, 5.41) is 3.28. The van der Waals surface area contributed by atoms with E-state index in [0.29, 0.717) is 28.5 Å². The molecule has 0 saturated carbocycles. The third kappa shape index (κ3) is 2.79. The maximum Gasteiger partial charge on any atom is 0.219 e. The van der Waals surface area contributed by atoms with Crippen molar-refractivity contribution in [1.29, 1.82) is 0 Å². The van der Waals surface area contributed by atoms with Crippen LogP contribution in [0.15, 0.2) is 18.5 Å². The maximum absolute atomic E-state index is 10.6. The number of carbonyl (C=O) groups is 1. The number of halogens is 1. The zero-order chi connectivity index (χ0) is 12.3. The number of pyridine rings is 1. The van der Waals surface area contributed by atoms with Crippen molar-refractivity contribution >= 4 is 34.4 Å². The molecule has 0 bridgehead atoms. The summed E-state index contributed by atoms with van der Waals surface area (Å²) in [6.07, 6.45) is 3.36. The van der Waals surface area contributed by atoms with Crippen LogP contribution in [-0.4, -0.2) is 27.4 Å². The molecule has 6 nitrogen and oxygen atoms in total. The van der Waals surface area contributed by atoms with Gasteiger partial charge in [0, 0.05) is 31.4 Å². The second-order valence-electron chi connectivity index (χ2n) is 3.36. The van der Waals surface area contributed by atoms with Crippen molar-refractivity contribution in [2.24, 2.45) is 5.73 Å². The van der Waals surface area contributed by atoms with Gasteiger partial charge in [0.05, 0.1) is 5.52 Å². The highest BCUT2D eigenvalue weighted by atomic mass is 35.5. The fourth-order valence-electron chi connectivity index (χ4n) is 1.37. The molecule has 2 aromatic rings. The summed E-state index contributed by atoms with van der Waals surface area (Å²) in [6, 6.07) is 1.63. The van der Waals surface area contributed by atoms with Crippen molar-refractivity contribution < 1.29 is 4.79 Å². The standard InChI is InChI=1S/C10H10ClN5O/c11-7-5-6-9(14-4-3-13-6)10(16-7)15-2-1-8(12)17/h3-5H,1-2H2,(H2,12,17)(H,15,16). The summed E-state index contributed by atoms with van der Waals surface area (Å²) in [5.74, 6) is 0.122. The fourth-order valence-corrected chi connectivity index (χ4v) is 1.56. The van der Waals surface area contributed by atoms with Crippen LogP contribution >= 0.6 is 11.6 Å². The van der Waals surface area contributed by atoms with E-state index in [4.69, 9.17) is 17.3 Å². The van der Waals surface area contributed by atoms with Gasteiger partial charge in [-0.25, -0.2) is 9.97 Å². The Morgan fingerprint density at radius 1 is 1.41 bits per heavy atom. The first-order chi connectivity index (χ1) is 8.16. The maximum atomic E-state index is 10.6. The largest absolute Gasteiger partial charge is 0.370 e. The van der Waals surface area contributed by atoms with Crippen molar-refractivity contribution in [3.63, 3.8) is 0 Å². The van der Waals surface area contributed by atoms with Crippen LogP contribution in [0.4, 0.5) is 5.82 Å². The fraction of sp³-hybridized carbons (Fsp3) is 0.200. The first-order valence-corrected chi connectivity index (χ1v) is 5.34. The lowest BCUT2D eigenvalue weighted by Gasteiger charge is -2.07. The van der Waals surface area contributed by atoms with Crippen LogP contribution in [0.5, 0.6) is 0 Å². The third-order valence-electron chi connectivity index (χ3n) is 2.09. The van der Waals surface area contributed by atoms with Crippen molar-refractivity contribution in [3.05, 3.63) is 23.6 Å². The van der Waals surface area contributed by atoms with Crippen molar-refractivity contribution in [2.75, 3.05) is 11.9 Å². The van der Waals surface area contributed by atoms with E-state index in [2.05, 4.69) is 20.3 Å². The Kier molecular flexibility index (Phi) is 3.34. The molecule has 0 spiro atoms. The number of rotatable bonds is 4. The van der Waals surface area contributed by atoms with E-state index in [1.54, 1.807) is 18.5 Å². The Labute approximate surface area is 102 Å². The molecule has 3 N–H and O–H groups in total. The molecule has 0 aromatic carbocycles. The van der Waals surface area contributed by atoms with Gasteiger partial charge in [0.1, 0.15) is 10.7 Å². The Hall–Kier alpha value is -1.95. The topological polar surface area (TPSA) is 93.8 Å². The quantitative estimate of drug-likeness (QED) is 0.790. The van der Waals surface area contributed by atoms with Gasteiger partial charge < -0.3 is 11.1 Å². The molecular weight excluding hydrogens is 242 g/mol. The molecule has 0 radical (unpaired) electrons. The number of anilines is 1. The minimum Gasteiger partial charge on any atom is -0.370 e. The second-order valence-corrected chi connectivity index (χ2v) is 3.75. The SMILES string of the molecule is NC(=O)CCNc1nc(Cl)cc2nccnc12. The second kappa shape index (κ2) is 4.92. The molecule has 0 aliphatic rings. The molecule has 2 rings (SSSR count). The molecule has 0 aliphatic carbocycles. The molecule has 0 saturated heterocycles. The molecule has 0 aliphatic heterocycles. The first-order valence-electron chi connectivity index (χ1n) is 4.96. The minimum atomic E-state index is -0.380. The number of fused-ring (bicyclic) bond motifs is 1. The van der Waals surface area contributed by atoms with Crippen molar-refractivity contribution in [3.8, 4) is 0 Å². The smallest absolute Gasteiger partial charge is 0.219 e. The van der Waals surface area contributed by atoms with E-state index >= 15 is 0 Å². The minimum absolute atomic E-state index is 0.218. The molecule has 2 heterocycles. The normalized spacial score (nSPS) is 10.4. The van der Waals surface area contributed by atoms with Crippen LogP contribution in [0, 0.1) is 0 Å². The summed E-state index contributed by atoms with van der Waals surface area (Å²) in [6.45, 7) is 0.383. The Morgan fingerprint density at radius 3 is 2.94 bits per heavy atom. The summed E-state index contributed by atoms with van der Waals surface area (Å²) < 4.78 is 0. The Bertz CT molecular complexity index is 559. The highest BCUT2D eigenvalue weighted by molar-refractivity contribution is 6.30. The van der Waals surface area contributed by atoms with Crippen molar-refractivity contribution in [1.82, 2.24) is 15.0 Å². The van der Waals surface area contributed by atoms with Crippen LogP contribution in [-0.2, 0) is 4.79 Å². The van der Waals surface area contributed by atoms with E-state index in [9.17, 15) is 4.79 Å². The van der Waals surface area contributed by atoms with E-state index in [-0.39, 0.29) is 12.3 Å². The first kappa shape index (κ1) is 11.5. The van der Waals surface area contributed by atoms with E-state index in [1.807, 2.05) is 0 Å². The summed E-state index contributed by atoms with van der Waals surface area (Å²) in [4.78, 5) is 23.0. The van der Waals surface area contributed by atoms with Crippen LogP contribution in [0.1, 0.15) is 6.42 Å². The number of nitrogens with two attached hydrogens (primary N) is 1. The summed E-state index contributed by atoms with van der Waals surface area (Å²) >= 11 is 5.85. The number of carbonyl (C=O) groups excluding carboxylic acids is 1. The zero-order valence-electron chi connectivity index (χ0n) is 8.85. The molecule has 0 fully saturated rings. The third-order valence-corrected chi connectivity index (χ3v) is 2.28. The average Bonchev–Trinajstić information content (AvgIpc) is 2.28. The zero-order valence-corrected chi connectivity index (χ0v) is 9.61. The molecule has 7 heteroatoms. The molecule has 0 atom stereocenters. The predicted molar refractivity (Wildman–Crippen MR) is 64.6 cm³/mol. The molecule has 0 unspecified atom stereocenters. The number of aromatic nitrogens is 3. The van der Waals surface area contributed by atoms with Gasteiger partial charge in [-0.2, -0.15) is 0 Å². The van der Waals surface area contributed by atoms with Gasteiger partial charge >= 0.3 is 0 Å². The summed E-state index contributed by atoms with van der Waals surface area (Å²) in [7, 11) is 0. The van der Waals surface area contributed by atoms with E-state index in [1.165, 1.54) is 0 Å². The van der Waals surface area contributed by atoms with Gasteiger partial charge in [0.25, 0.3) is 0 Å². The van der Waals surface area contributed by atoms with Crippen LogP contribution < -0.4 is 11.1 Å². The molecular formula is C10H10ClN5O. The van der Waals surface area contributed by atoms with Gasteiger partial charge in [-0.3, -0.25) is 9.78 Å². The van der Waals surface area contributed by atoms with Gasteiger partial charge in [-0.1, -0.05) is 11.6 Å². The number of hydrogen-bond acceptors (Lipinski definition) is 5. The molecule has 17 heavy (non-hydrogen) atoms. The van der Waals surface area contributed by atoms with Gasteiger partial charge in [-0.05, 0) is 0 Å². The highest BCUT2D eigenvalue weighted by Gasteiger charge is 2.06. The number of nitrogens with one attached hydrogen (secondary N) is 1. The Balaban J connectivity index is 2.29. The van der Waals surface area contributed by atoms with E-state index in [0.717, 1.165) is 0 Å². The number of amides is 1. The van der Waals surface area contributed by atoms with Crippen LogP contribution in [0.25, 0.3) is 11.0 Å². The van der Waals surface area contributed by atoms with Gasteiger partial charge in [-0.15, -0.1) is 0 Å². The van der Waals surface area contributed by atoms with Crippen LogP contribution in [0.3, 0.4) is 0 Å². The lowest BCUT2D eigenvalue weighted by atomic mass is 10.3. The Morgan fingerprint density at radius 2 is 2.18 bits per heavy atom. The highest BCUT2D eigenvalue weighted by Crippen LogP contribution is 2.20. The monoisotopic (exact) mass is 251 g/mol. The number of nitrogens with zero attached hydrogens (tertiary/aromatic N) is 3. The van der Waals surface area contributed by atoms with Crippen molar-refractivity contribution in [2.45, 2.75) is 6.42 Å². The number of hydrogen-bond donors (Lipinski definition) is 2. The van der Waals surface area contributed by atoms with Gasteiger partial charge in [0.2, 0.25) is 5.91 Å². The predicted octanol–water partition coefficient (Wildman–Crippen LogP) is 0.965.